The van der Waals surface area contributed by atoms with E-state index in [9.17, 15) is 4.79 Å². The Hall–Kier alpha value is -1.80. The number of halogens is 1. The van der Waals surface area contributed by atoms with E-state index in [2.05, 4.69) is 86.6 Å². The molecule has 4 rings (SSSR count). The molecule has 2 atom stereocenters. The number of hydrogen-bond acceptors (Lipinski definition) is 3. The van der Waals surface area contributed by atoms with Crippen molar-refractivity contribution in [2.24, 2.45) is 5.92 Å². The van der Waals surface area contributed by atoms with Crippen LogP contribution in [0.25, 0.3) is 11.3 Å². The molecule has 2 N–H and O–H groups in total. The molecule has 1 amide bonds. The number of benzene rings is 2. The minimum absolute atomic E-state index is 0.128. The molecule has 0 saturated heterocycles. The van der Waals surface area contributed by atoms with Crippen molar-refractivity contribution in [2.75, 3.05) is 7.05 Å². The van der Waals surface area contributed by atoms with E-state index < -0.39 is 0 Å². The van der Waals surface area contributed by atoms with Crippen molar-refractivity contribution >= 4 is 40.3 Å². The van der Waals surface area contributed by atoms with Crippen molar-refractivity contribution in [3.63, 3.8) is 0 Å². The molecular formula is C20H18IN3OS. The fourth-order valence-corrected chi connectivity index (χ4v) is 4.38. The van der Waals surface area contributed by atoms with Crippen LogP contribution >= 0.6 is 34.4 Å². The maximum absolute atomic E-state index is 11.7. The molecule has 1 aliphatic rings. The van der Waals surface area contributed by atoms with Gasteiger partial charge in [0.1, 0.15) is 5.69 Å². The normalized spacial score (nSPS) is 18.5. The first kappa shape index (κ1) is 17.6. The van der Waals surface area contributed by atoms with E-state index in [0.29, 0.717) is 5.92 Å². The first-order valence-corrected chi connectivity index (χ1v) is 10.3. The van der Waals surface area contributed by atoms with Crippen LogP contribution in [0.3, 0.4) is 0 Å². The van der Waals surface area contributed by atoms with Crippen LogP contribution in [-0.4, -0.2) is 23.2 Å². The van der Waals surface area contributed by atoms with Crippen molar-refractivity contribution < 1.29 is 4.79 Å². The van der Waals surface area contributed by atoms with E-state index >= 15 is 0 Å². The molecule has 2 aromatic carbocycles. The second-order valence-electron chi connectivity index (χ2n) is 6.34. The largest absolute Gasteiger partial charge is 0.359 e. The van der Waals surface area contributed by atoms with Crippen molar-refractivity contribution in [3.8, 4) is 11.3 Å². The molecule has 0 radical (unpaired) electrons. The third-order valence-electron chi connectivity index (χ3n) is 4.63. The third kappa shape index (κ3) is 3.66. The van der Waals surface area contributed by atoms with Gasteiger partial charge in [0.15, 0.2) is 0 Å². The molecule has 2 unspecified atom stereocenters. The van der Waals surface area contributed by atoms with Crippen LogP contribution in [0.15, 0.2) is 64.5 Å². The maximum Gasteiger partial charge on any atom is 0.223 e. The summed E-state index contributed by atoms with van der Waals surface area (Å²) in [6.07, 6.45) is 2.88. The van der Waals surface area contributed by atoms with Gasteiger partial charge in [-0.25, -0.2) is 0 Å². The van der Waals surface area contributed by atoms with Gasteiger partial charge >= 0.3 is 0 Å². The number of carbonyl (C=O) groups is 1. The summed E-state index contributed by atoms with van der Waals surface area (Å²) in [5.74, 6) is 0.620. The Bertz CT molecular complexity index is 921. The zero-order valence-electron chi connectivity index (χ0n) is 14.2. The highest BCUT2D eigenvalue weighted by Crippen LogP contribution is 2.47. The molecule has 1 aliphatic carbocycles. The predicted octanol–water partition coefficient (Wildman–Crippen LogP) is 4.68. The van der Waals surface area contributed by atoms with Gasteiger partial charge in [0.25, 0.3) is 0 Å². The summed E-state index contributed by atoms with van der Waals surface area (Å²) in [7, 11) is 1.70. The Balaban J connectivity index is 1.51. The van der Waals surface area contributed by atoms with E-state index in [1.165, 1.54) is 14.0 Å². The summed E-state index contributed by atoms with van der Waals surface area (Å²) in [4.78, 5) is 14.0. The van der Waals surface area contributed by atoms with Crippen molar-refractivity contribution in [3.05, 3.63) is 63.9 Å². The first-order chi connectivity index (χ1) is 12.7. The van der Waals surface area contributed by atoms with Gasteiger partial charge in [0.2, 0.25) is 5.91 Å². The number of nitrogens with zero attached hydrogens (tertiary/aromatic N) is 1. The highest BCUT2D eigenvalue weighted by molar-refractivity contribution is 14.1. The molecule has 1 heterocycles. The van der Waals surface area contributed by atoms with Gasteiger partial charge < -0.3 is 5.32 Å². The van der Waals surface area contributed by atoms with Gasteiger partial charge in [-0.05, 0) is 64.8 Å². The van der Waals surface area contributed by atoms with Crippen LogP contribution in [-0.2, 0) is 4.79 Å². The molecule has 1 aromatic heterocycles. The average Bonchev–Trinajstić information content (AvgIpc) is 3.35. The van der Waals surface area contributed by atoms with Gasteiger partial charge in [-0.15, -0.1) is 0 Å². The standard InChI is InChI=1S/C20H18IN3OS/c1-22-20(25)17-10-16(17)12-2-4-13(5-3-12)19-18(11-23-24-19)26-15-8-6-14(21)7-9-15/h2-9,11,16-17H,10H2,1H3,(H,22,25)(H,23,24). The van der Waals surface area contributed by atoms with E-state index in [1.54, 1.807) is 18.8 Å². The Morgan fingerprint density at radius 3 is 2.62 bits per heavy atom. The monoisotopic (exact) mass is 475 g/mol. The number of amides is 1. The number of aromatic amines is 1. The number of H-pyrrole nitrogens is 1. The lowest BCUT2D eigenvalue weighted by Gasteiger charge is -2.05. The quantitative estimate of drug-likeness (QED) is 0.527. The van der Waals surface area contributed by atoms with Gasteiger partial charge in [-0.1, -0.05) is 36.0 Å². The molecule has 1 saturated carbocycles. The third-order valence-corrected chi connectivity index (χ3v) is 6.39. The molecule has 26 heavy (non-hydrogen) atoms. The number of aromatic nitrogens is 2. The summed E-state index contributed by atoms with van der Waals surface area (Å²) >= 11 is 4.02. The van der Waals surface area contributed by atoms with E-state index in [1.807, 2.05) is 6.20 Å². The van der Waals surface area contributed by atoms with Crippen molar-refractivity contribution in [1.82, 2.24) is 15.5 Å². The highest BCUT2D eigenvalue weighted by atomic mass is 127. The van der Waals surface area contributed by atoms with Crippen LogP contribution in [0.5, 0.6) is 0 Å². The van der Waals surface area contributed by atoms with Gasteiger partial charge in [0.05, 0.1) is 4.90 Å². The van der Waals surface area contributed by atoms with Gasteiger partial charge in [0, 0.05) is 33.2 Å². The minimum atomic E-state index is 0.128. The second-order valence-corrected chi connectivity index (χ2v) is 8.70. The second kappa shape index (κ2) is 7.44. The lowest BCUT2D eigenvalue weighted by molar-refractivity contribution is -0.121. The Kier molecular flexibility index (Phi) is 5.04. The Labute approximate surface area is 170 Å². The van der Waals surface area contributed by atoms with Gasteiger partial charge in [-0.2, -0.15) is 5.10 Å². The molecule has 6 heteroatoms. The molecule has 0 bridgehead atoms. The summed E-state index contributed by atoms with van der Waals surface area (Å²) in [6.45, 7) is 0. The lowest BCUT2D eigenvalue weighted by Crippen LogP contribution is -2.20. The fourth-order valence-electron chi connectivity index (χ4n) is 3.12. The number of nitrogens with one attached hydrogen (secondary N) is 2. The smallest absolute Gasteiger partial charge is 0.223 e. The summed E-state index contributed by atoms with van der Waals surface area (Å²) < 4.78 is 1.23. The molecule has 4 nitrogen and oxygen atoms in total. The SMILES string of the molecule is CNC(=O)C1CC1c1ccc(-c2n[nH]cc2Sc2ccc(I)cc2)cc1. The van der Waals surface area contributed by atoms with E-state index in [-0.39, 0.29) is 11.8 Å². The molecule has 132 valence electrons. The van der Waals surface area contributed by atoms with Crippen molar-refractivity contribution in [2.45, 2.75) is 22.1 Å². The zero-order valence-corrected chi connectivity index (χ0v) is 17.2. The summed E-state index contributed by atoms with van der Waals surface area (Å²) in [5.41, 5.74) is 3.27. The lowest BCUT2D eigenvalue weighted by atomic mass is 10.0. The number of carbonyl (C=O) groups excluding carboxylic acids is 1. The van der Waals surface area contributed by atoms with Crippen LogP contribution in [0.2, 0.25) is 0 Å². The first-order valence-electron chi connectivity index (χ1n) is 8.45. The predicted molar refractivity (Wildman–Crippen MR) is 112 cm³/mol. The fraction of sp³-hybridized carbons (Fsp3) is 0.200. The maximum atomic E-state index is 11.7. The molecule has 0 spiro atoms. The highest BCUT2D eigenvalue weighted by Gasteiger charge is 2.43. The Morgan fingerprint density at radius 2 is 1.92 bits per heavy atom. The topological polar surface area (TPSA) is 57.8 Å². The average molecular weight is 475 g/mol. The van der Waals surface area contributed by atoms with Crippen molar-refractivity contribution in [1.29, 1.82) is 0 Å². The number of hydrogen-bond donors (Lipinski definition) is 2. The summed E-state index contributed by atoms with van der Waals surface area (Å²) in [5, 5.41) is 10.2. The number of rotatable bonds is 5. The minimum Gasteiger partial charge on any atom is -0.359 e. The zero-order chi connectivity index (χ0) is 18.1. The molecule has 1 fully saturated rings. The van der Waals surface area contributed by atoms with Crippen LogP contribution in [0.4, 0.5) is 0 Å². The summed E-state index contributed by atoms with van der Waals surface area (Å²) in [6, 6.07) is 16.9. The van der Waals surface area contributed by atoms with Crippen LogP contribution < -0.4 is 5.32 Å². The Morgan fingerprint density at radius 1 is 1.19 bits per heavy atom. The molecule has 3 aromatic rings. The van der Waals surface area contributed by atoms with Gasteiger partial charge in [-0.3, -0.25) is 9.89 Å². The van der Waals surface area contributed by atoms with E-state index in [0.717, 1.165) is 22.6 Å². The molecular weight excluding hydrogens is 457 g/mol. The van der Waals surface area contributed by atoms with Crippen LogP contribution in [0, 0.1) is 9.49 Å². The van der Waals surface area contributed by atoms with Crippen LogP contribution in [0.1, 0.15) is 17.9 Å². The van der Waals surface area contributed by atoms with E-state index in [4.69, 9.17) is 0 Å². The molecule has 0 aliphatic heterocycles.